The second-order valence-corrected chi connectivity index (χ2v) is 9.25. The Morgan fingerprint density at radius 3 is 2.25 bits per heavy atom. The van der Waals surface area contributed by atoms with Crippen LogP contribution in [-0.4, -0.2) is 16.3 Å². The number of hydrogen-bond acceptors (Lipinski definition) is 2. The number of hydrogen-bond donors (Lipinski definition) is 0. The molecule has 1 aliphatic heterocycles. The smallest absolute Gasteiger partial charge is 0.0987 e. The van der Waals surface area contributed by atoms with Crippen LogP contribution in [0.4, 0.5) is 0 Å². The lowest BCUT2D eigenvalue weighted by molar-refractivity contribution is 0.605. The summed E-state index contributed by atoms with van der Waals surface area (Å²) in [5, 5.41) is 1.24. The van der Waals surface area contributed by atoms with Gasteiger partial charge in [-0.2, -0.15) is 0 Å². The molecule has 1 heterocycles. The predicted octanol–water partition coefficient (Wildman–Crippen LogP) is 5.60. The summed E-state index contributed by atoms with van der Waals surface area (Å²) >= 11 is 5.68. The molecule has 0 atom stereocenters. The molecule has 0 radical (unpaired) electrons. The third-order valence-electron chi connectivity index (χ3n) is 4.85. The Balaban J connectivity index is 1.76. The quantitative estimate of drug-likeness (QED) is 0.607. The fourth-order valence-electron chi connectivity index (χ4n) is 3.43. The Morgan fingerprint density at radius 1 is 0.917 bits per heavy atom. The summed E-state index contributed by atoms with van der Waals surface area (Å²) in [7, 11) is 0. The zero-order valence-electron chi connectivity index (χ0n) is 14.2. The lowest BCUT2D eigenvalue weighted by Crippen LogP contribution is -2.15. The highest BCUT2D eigenvalue weighted by Gasteiger charge is 2.27. The summed E-state index contributed by atoms with van der Waals surface area (Å²) in [5.74, 6) is 1.08. The van der Waals surface area contributed by atoms with E-state index in [1.165, 1.54) is 37.3 Å². The number of halogens is 1. The van der Waals surface area contributed by atoms with Gasteiger partial charge < -0.3 is 0 Å². The van der Waals surface area contributed by atoms with E-state index in [2.05, 4.69) is 66.2 Å². The van der Waals surface area contributed by atoms with Crippen LogP contribution in [0, 0.1) is 0 Å². The van der Waals surface area contributed by atoms with Crippen LogP contribution in [0.3, 0.4) is 0 Å². The molecular formula is C21H22BrNS. The molecule has 0 spiro atoms. The van der Waals surface area contributed by atoms with Crippen molar-refractivity contribution >= 4 is 32.7 Å². The monoisotopic (exact) mass is 399 g/mol. The van der Waals surface area contributed by atoms with E-state index in [1.807, 2.05) is 11.8 Å². The molecule has 2 aromatic carbocycles. The molecule has 0 amide bonds. The topological polar surface area (TPSA) is 12.4 Å². The molecule has 1 nitrogen and oxygen atoms in total. The fraction of sp³-hybridized carbons (Fsp3) is 0.381. The molecule has 0 unspecified atom stereocenters. The second-order valence-electron chi connectivity index (χ2n) is 7.44. The minimum Gasteiger partial charge on any atom is -0.271 e. The molecular weight excluding hydrogens is 378 g/mol. The first-order chi connectivity index (χ1) is 11.5. The van der Waals surface area contributed by atoms with Gasteiger partial charge in [-0.3, -0.25) is 4.99 Å². The average molecular weight is 400 g/mol. The number of thioether (sulfide) groups is 1. The first kappa shape index (κ1) is 16.4. The number of benzene rings is 2. The molecule has 0 saturated heterocycles. The third-order valence-corrected chi connectivity index (χ3v) is 7.03. The normalized spacial score (nSPS) is 19.0. The SMILES string of the molecule is CC1(C)CSC(c2cc3ccc2CCc2ccc(cc2Br)CC3)=N1. The van der Waals surface area contributed by atoms with Crippen LogP contribution in [0.5, 0.6) is 0 Å². The summed E-state index contributed by atoms with van der Waals surface area (Å²) in [6.45, 7) is 4.46. The number of rotatable bonds is 1. The summed E-state index contributed by atoms with van der Waals surface area (Å²) in [6.07, 6.45) is 4.30. The van der Waals surface area contributed by atoms with Crippen molar-refractivity contribution in [2.75, 3.05) is 5.75 Å². The van der Waals surface area contributed by atoms with E-state index in [0.29, 0.717) is 0 Å². The number of aryl methyl sites for hydroxylation is 4. The average Bonchev–Trinajstić information content (AvgIpc) is 2.90. The summed E-state index contributed by atoms with van der Waals surface area (Å²) in [4.78, 5) is 4.99. The Bertz CT molecular complexity index is 823. The van der Waals surface area contributed by atoms with Gasteiger partial charge in [-0.05, 0) is 73.9 Å². The molecule has 0 N–H and O–H groups in total. The van der Waals surface area contributed by atoms with Gasteiger partial charge in [-0.25, -0.2) is 0 Å². The Labute approximate surface area is 157 Å². The predicted molar refractivity (Wildman–Crippen MR) is 108 cm³/mol. The van der Waals surface area contributed by atoms with Crippen molar-refractivity contribution in [2.45, 2.75) is 45.1 Å². The van der Waals surface area contributed by atoms with E-state index < -0.39 is 0 Å². The van der Waals surface area contributed by atoms with E-state index in [1.54, 1.807) is 0 Å². The van der Waals surface area contributed by atoms with Crippen LogP contribution in [-0.2, 0) is 25.7 Å². The van der Waals surface area contributed by atoms with Crippen LogP contribution in [0.1, 0.15) is 41.7 Å². The molecule has 4 bridgehead atoms. The highest BCUT2D eigenvalue weighted by atomic mass is 79.9. The lowest BCUT2D eigenvalue weighted by Gasteiger charge is -2.15. The van der Waals surface area contributed by atoms with Crippen LogP contribution >= 0.6 is 27.7 Å². The van der Waals surface area contributed by atoms with Crippen LogP contribution in [0.2, 0.25) is 0 Å². The van der Waals surface area contributed by atoms with Crippen LogP contribution in [0.15, 0.2) is 45.9 Å². The standard InChI is InChI=1S/C21H22BrNS/c1-21(2)13-24-20(23-21)18-11-14-3-4-15-6-8-17(19(22)12-15)10-9-16(18)7-5-14/h5-8,11-12H,3-4,9-10,13H2,1-2H3. The summed E-state index contributed by atoms with van der Waals surface area (Å²) in [5.41, 5.74) is 7.09. The van der Waals surface area contributed by atoms with E-state index in [4.69, 9.17) is 4.99 Å². The van der Waals surface area contributed by atoms with Crippen molar-refractivity contribution in [3.63, 3.8) is 0 Å². The van der Waals surface area contributed by atoms with E-state index in [-0.39, 0.29) is 5.54 Å². The Kier molecular flexibility index (Phi) is 4.34. The summed E-state index contributed by atoms with van der Waals surface area (Å²) < 4.78 is 1.25. The van der Waals surface area contributed by atoms with Gasteiger partial charge in [0, 0.05) is 15.8 Å². The lowest BCUT2D eigenvalue weighted by atomic mass is 9.93. The van der Waals surface area contributed by atoms with Crippen molar-refractivity contribution in [1.82, 2.24) is 0 Å². The van der Waals surface area contributed by atoms with Gasteiger partial charge in [0.15, 0.2) is 0 Å². The maximum Gasteiger partial charge on any atom is 0.0987 e. The van der Waals surface area contributed by atoms with Crippen molar-refractivity contribution in [3.05, 3.63) is 68.7 Å². The van der Waals surface area contributed by atoms with Gasteiger partial charge in [-0.1, -0.05) is 40.2 Å². The minimum absolute atomic E-state index is 0.0664. The largest absolute Gasteiger partial charge is 0.271 e. The zero-order valence-corrected chi connectivity index (χ0v) is 16.6. The van der Waals surface area contributed by atoms with Crippen molar-refractivity contribution < 1.29 is 0 Å². The highest BCUT2D eigenvalue weighted by molar-refractivity contribution is 9.10. The first-order valence-electron chi connectivity index (χ1n) is 8.62. The number of nitrogens with zero attached hydrogens (tertiary/aromatic N) is 1. The van der Waals surface area contributed by atoms with E-state index >= 15 is 0 Å². The van der Waals surface area contributed by atoms with Crippen LogP contribution in [0.25, 0.3) is 0 Å². The Morgan fingerprint density at radius 2 is 1.58 bits per heavy atom. The first-order valence-corrected chi connectivity index (χ1v) is 10.4. The Hall–Kier alpha value is -1.06. The van der Waals surface area contributed by atoms with E-state index in [0.717, 1.165) is 31.4 Å². The molecule has 0 aromatic heterocycles. The molecule has 0 saturated carbocycles. The van der Waals surface area contributed by atoms with Crippen LogP contribution < -0.4 is 0 Å². The molecule has 7 rings (SSSR count). The molecule has 4 aliphatic carbocycles. The molecule has 24 heavy (non-hydrogen) atoms. The highest BCUT2D eigenvalue weighted by Crippen LogP contribution is 2.33. The second kappa shape index (κ2) is 6.34. The van der Waals surface area contributed by atoms with E-state index in [9.17, 15) is 0 Å². The zero-order chi connectivity index (χ0) is 16.7. The van der Waals surface area contributed by atoms with Gasteiger partial charge in [0.25, 0.3) is 0 Å². The molecule has 3 heteroatoms. The summed E-state index contributed by atoms with van der Waals surface area (Å²) in [6, 6.07) is 13.9. The third kappa shape index (κ3) is 3.34. The van der Waals surface area contributed by atoms with Gasteiger partial charge in [0.2, 0.25) is 0 Å². The van der Waals surface area contributed by atoms with Crippen molar-refractivity contribution in [2.24, 2.45) is 4.99 Å². The van der Waals surface area contributed by atoms with Gasteiger partial charge >= 0.3 is 0 Å². The molecule has 124 valence electrons. The van der Waals surface area contributed by atoms with Crippen molar-refractivity contribution in [3.8, 4) is 0 Å². The van der Waals surface area contributed by atoms with Gasteiger partial charge in [0.05, 0.1) is 10.6 Å². The molecule has 2 aromatic rings. The van der Waals surface area contributed by atoms with Crippen molar-refractivity contribution in [1.29, 1.82) is 0 Å². The number of aliphatic imine (C=N–C) groups is 1. The maximum absolute atomic E-state index is 4.99. The molecule has 0 fully saturated rings. The minimum atomic E-state index is 0.0664. The maximum atomic E-state index is 4.99. The molecule has 5 aliphatic rings. The van der Waals surface area contributed by atoms with Gasteiger partial charge in [0.1, 0.15) is 0 Å². The van der Waals surface area contributed by atoms with Gasteiger partial charge in [-0.15, -0.1) is 11.8 Å². The fourth-order valence-corrected chi connectivity index (χ4v) is 5.26.